The molecule has 1 amide bonds. The van der Waals surface area contributed by atoms with Crippen molar-refractivity contribution < 1.29 is 9.72 Å². The van der Waals surface area contributed by atoms with Gasteiger partial charge in [0.25, 0.3) is 11.6 Å². The minimum Gasteiger partial charge on any atom is -0.332 e. The number of hydrogen-bond donors (Lipinski definition) is 2. The van der Waals surface area contributed by atoms with E-state index in [0.717, 1.165) is 20.8 Å². The first-order chi connectivity index (χ1) is 12.9. The highest BCUT2D eigenvalue weighted by molar-refractivity contribution is 9.10. The fraction of sp³-hybridized carbons (Fsp3) is 0.0526. The zero-order valence-corrected chi connectivity index (χ0v) is 16.6. The number of hydrogen-bond acceptors (Lipinski definition) is 4. The summed E-state index contributed by atoms with van der Waals surface area (Å²) in [6, 6.07) is 15.4. The van der Waals surface area contributed by atoms with Crippen LogP contribution in [-0.4, -0.2) is 15.9 Å². The molecule has 0 aliphatic rings. The lowest BCUT2D eigenvalue weighted by molar-refractivity contribution is -0.384. The molecule has 0 spiro atoms. The highest BCUT2D eigenvalue weighted by Crippen LogP contribution is 2.26. The van der Waals surface area contributed by atoms with E-state index in [9.17, 15) is 14.9 Å². The molecule has 3 rings (SSSR count). The Kier molecular flexibility index (Phi) is 5.48. The number of rotatable bonds is 3. The molecule has 0 aromatic heterocycles. The van der Waals surface area contributed by atoms with E-state index in [2.05, 4.69) is 26.6 Å². The van der Waals surface area contributed by atoms with Crippen molar-refractivity contribution in [3.05, 3.63) is 80.3 Å². The summed E-state index contributed by atoms with van der Waals surface area (Å²) < 4.78 is 0.891. The number of nitrogens with zero attached hydrogens (tertiary/aromatic N) is 1. The van der Waals surface area contributed by atoms with Crippen LogP contribution in [0.2, 0.25) is 0 Å². The standard InChI is InChI=1S/C19H14BrN3O3S/c1-11-8-9-12(23(25)26)10-17(11)21-19(27)22-18(24)15-6-2-5-14-13(15)4-3-7-16(14)20/h2-10H,1H3,(H2,21,22,24,27). The van der Waals surface area contributed by atoms with Crippen LogP contribution in [0.1, 0.15) is 15.9 Å². The van der Waals surface area contributed by atoms with Crippen LogP contribution < -0.4 is 10.6 Å². The smallest absolute Gasteiger partial charge is 0.271 e. The molecular weight excluding hydrogens is 430 g/mol. The van der Waals surface area contributed by atoms with Gasteiger partial charge in [-0.25, -0.2) is 0 Å². The first-order valence-electron chi connectivity index (χ1n) is 7.91. The number of benzene rings is 3. The Morgan fingerprint density at radius 3 is 2.56 bits per heavy atom. The summed E-state index contributed by atoms with van der Waals surface area (Å²) in [6.07, 6.45) is 0. The van der Waals surface area contributed by atoms with Crippen LogP contribution in [-0.2, 0) is 0 Å². The normalized spacial score (nSPS) is 10.4. The minimum absolute atomic E-state index is 0.0591. The molecule has 27 heavy (non-hydrogen) atoms. The summed E-state index contributed by atoms with van der Waals surface area (Å²) in [5, 5.41) is 18.2. The molecule has 3 aromatic carbocycles. The molecule has 0 aliphatic heterocycles. The molecule has 0 saturated heterocycles. The molecule has 0 aliphatic carbocycles. The zero-order valence-electron chi connectivity index (χ0n) is 14.2. The number of aryl methyl sites for hydroxylation is 1. The Labute approximate surface area is 168 Å². The van der Waals surface area contributed by atoms with Gasteiger partial charge in [-0.15, -0.1) is 0 Å². The van der Waals surface area contributed by atoms with E-state index in [4.69, 9.17) is 12.2 Å². The average molecular weight is 444 g/mol. The van der Waals surface area contributed by atoms with E-state index in [1.54, 1.807) is 25.1 Å². The second-order valence-corrected chi connectivity index (χ2v) is 7.07. The quantitative estimate of drug-likeness (QED) is 0.340. The molecule has 0 atom stereocenters. The molecule has 0 heterocycles. The number of fused-ring (bicyclic) bond motifs is 1. The lowest BCUT2D eigenvalue weighted by atomic mass is 10.0. The Morgan fingerprint density at radius 2 is 1.81 bits per heavy atom. The lowest BCUT2D eigenvalue weighted by Crippen LogP contribution is -2.34. The number of nitro groups is 1. The van der Waals surface area contributed by atoms with Crippen molar-refractivity contribution in [1.82, 2.24) is 5.32 Å². The maximum Gasteiger partial charge on any atom is 0.271 e. The Morgan fingerprint density at radius 1 is 1.11 bits per heavy atom. The number of thiocarbonyl (C=S) groups is 1. The number of anilines is 1. The molecule has 136 valence electrons. The summed E-state index contributed by atoms with van der Waals surface area (Å²) in [5.74, 6) is -0.362. The number of non-ortho nitro benzene ring substituents is 1. The molecule has 0 saturated carbocycles. The van der Waals surface area contributed by atoms with Crippen LogP contribution in [0.4, 0.5) is 11.4 Å². The maximum absolute atomic E-state index is 12.7. The first kappa shape index (κ1) is 18.9. The van der Waals surface area contributed by atoms with Gasteiger partial charge in [0.15, 0.2) is 5.11 Å². The molecule has 2 N–H and O–H groups in total. The van der Waals surface area contributed by atoms with Crippen LogP contribution in [0.3, 0.4) is 0 Å². The summed E-state index contributed by atoms with van der Waals surface area (Å²) in [4.78, 5) is 23.1. The van der Waals surface area contributed by atoms with Crippen LogP contribution in [0.25, 0.3) is 10.8 Å². The van der Waals surface area contributed by atoms with Crippen molar-refractivity contribution in [2.45, 2.75) is 6.92 Å². The molecule has 6 nitrogen and oxygen atoms in total. The number of carbonyl (C=O) groups excluding carboxylic acids is 1. The highest BCUT2D eigenvalue weighted by Gasteiger charge is 2.14. The van der Waals surface area contributed by atoms with Crippen LogP contribution in [0.15, 0.2) is 59.1 Å². The van der Waals surface area contributed by atoms with Gasteiger partial charge in [0.2, 0.25) is 0 Å². The number of carbonyl (C=O) groups is 1. The summed E-state index contributed by atoms with van der Waals surface area (Å²) in [5.41, 5.74) is 1.66. The molecule has 0 fully saturated rings. The largest absolute Gasteiger partial charge is 0.332 e. The monoisotopic (exact) mass is 443 g/mol. The van der Waals surface area contributed by atoms with Crippen molar-refractivity contribution >= 4 is 61.3 Å². The van der Waals surface area contributed by atoms with E-state index in [1.807, 2.05) is 24.3 Å². The lowest BCUT2D eigenvalue weighted by Gasteiger charge is -2.13. The van der Waals surface area contributed by atoms with E-state index in [1.165, 1.54) is 12.1 Å². The number of nitro benzene ring substituents is 1. The van der Waals surface area contributed by atoms with Gasteiger partial charge in [0.05, 0.1) is 4.92 Å². The Bertz CT molecular complexity index is 1080. The molecular formula is C19H14BrN3O3S. The highest BCUT2D eigenvalue weighted by atomic mass is 79.9. The third kappa shape index (κ3) is 4.12. The summed E-state index contributed by atoms with van der Waals surface area (Å²) in [7, 11) is 0. The first-order valence-corrected chi connectivity index (χ1v) is 9.11. The number of halogens is 1. The van der Waals surface area contributed by atoms with E-state index >= 15 is 0 Å². The Balaban J connectivity index is 1.81. The van der Waals surface area contributed by atoms with Crippen LogP contribution >= 0.6 is 28.1 Å². The fourth-order valence-electron chi connectivity index (χ4n) is 2.65. The van der Waals surface area contributed by atoms with Crippen LogP contribution in [0, 0.1) is 17.0 Å². The molecule has 0 unspecified atom stereocenters. The third-order valence-corrected chi connectivity index (χ3v) is 4.92. The van der Waals surface area contributed by atoms with E-state index < -0.39 is 4.92 Å². The van der Waals surface area contributed by atoms with Crippen molar-refractivity contribution in [2.75, 3.05) is 5.32 Å². The van der Waals surface area contributed by atoms with Gasteiger partial charge >= 0.3 is 0 Å². The van der Waals surface area contributed by atoms with E-state index in [0.29, 0.717) is 11.3 Å². The fourth-order valence-corrected chi connectivity index (χ4v) is 3.35. The minimum atomic E-state index is -0.486. The molecule has 0 radical (unpaired) electrons. The predicted molar refractivity (Wildman–Crippen MR) is 113 cm³/mol. The van der Waals surface area contributed by atoms with Gasteiger partial charge in [-0.3, -0.25) is 20.2 Å². The number of nitrogens with one attached hydrogen (secondary N) is 2. The topological polar surface area (TPSA) is 84.3 Å². The van der Waals surface area contributed by atoms with Crippen molar-refractivity contribution in [3.63, 3.8) is 0 Å². The summed E-state index contributed by atoms with van der Waals surface area (Å²) in [6.45, 7) is 1.79. The molecule has 8 heteroatoms. The van der Waals surface area contributed by atoms with Gasteiger partial charge in [0.1, 0.15) is 0 Å². The second kappa shape index (κ2) is 7.81. The van der Waals surface area contributed by atoms with Gasteiger partial charge in [0, 0.05) is 27.9 Å². The van der Waals surface area contributed by atoms with Gasteiger partial charge in [-0.1, -0.05) is 46.3 Å². The molecule has 0 bridgehead atoms. The molecule has 3 aromatic rings. The SMILES string of the molecule is Cc1ccc([N+](=O)[O-])cc1NC(=S)NC(=O)c1cccc2c(Br)cccc12. The zero-order chi connectivity index (χ0) is 19.6. The van der Waals surface area contributed by atoms with Crippen LogP contribution in [0.5, 0.6) is 0 Å². The van der Waals surface area contributed by atoms with E-state index in [-0.39, 0.29) is 16.7 Å². The van der Waals surface area contributed by atoms with Crippen molar-refractivity contribution in [2.24, 2.45) is 0 Å². The predicted octanol–water partition coefficient (Wildman–Crippen LogP) is 4.95. The average Bonchev–Trinajstić information content (AvgIpc) is 2.63. The Hall–Kier alpha value is -2.84. The van der Waals surface area contributed by atoms with Gasteiger partial charge in [-0.05, 0) is 47.6 Å². The summed E-state index contributed by atoms with van der Waals surface area (Å²) >= 11 is 8.68. The van der Waals surface area contributed by atoms with Crippen molar-refractivity contribution in [1.29, 1.82) is 0 Å². The van der Waals surface area contributed by atoms with Gasteiger partial charge < -0.3 is 5.32 Å². The second-order valence-electron chi connectivity index (χ2n) is 5.81. The maximum atomic E-state index is 12.7. The third-order valence-electron chi connectivity index (χ3n) is 4.02. The number of amides is 1. The van der Waals surface area contributed by atoms with Gasteiger partial charge in [-0.2, -0.15) is 0 Å². The van der Waals surface area contributed by atoms with Crippen molar-refractivity contribution in [3.8, 4) is 0 Å².